The van der Waals surface area contributed by atoms with Crippen LogP contribution in [0.2, 0.25) is 0 Å². The number of carbonyl (C=O) groups is 1. The van der Waals surface area contributed by atoms with Crippen LogP contribution < -0.4 is 11.0 Å². The molecule has 8 nitrogen and oxygen atoms in total. The zero-order valence-electron chi connectivity index (χ0n) is 15.0. The van der Waals surface area contributed by atoms with Gasteiger partial charge >= 0.3 is 5.69 Å². The van der Waals surface area contributed by atoms with Crippen LogP contribution in [0.5, 0.6) is 0 Å². The topological polar surface area (TPSA) is 94.7 Å². The van der Waals surface area contributed by atoms with Gasteiger partial charge in [-0.2, -0.15) is 4.98 Å². The van der Waals surface area contributed by atoms with Crippen molar-refractivity contribution < 1.29 is 4.79 Å². The molecule has 1 aromatic carbocycles. The van der Waals surface area contributed by atoms with Crippen LogP contribution in [0.3, 0.4) is 0 Å². The van der Waals surface area contributed by atoms with Crippen LogP contribution in [0.25, 0.3) is 11.0 Å². The van der Waals surface area contributed by atoms with Crippen LogP contribution >= 0.6 is 0 Å². The number of aromatic nitrogens is 5. The van der Waals surface area contributed by atoms with Gasteiger partial charge in [0, 0.05) is 37.4 Å². The van der Waals surface area contributed by atoms with Gasteiger partial charge in [0.2, 0.25) is 5.91 Å². The summed E-state index contributed by atoms with van der Waals surface area (Å²) in [6, 6.07) is 9.61. The van der Waals surface area contributed by atoms with Gasteiger partial charge in [0.1, 0.15) is 5.52 Å². The number of nitrogens with one attached hydrogen (secondary N) is 1. The maximum absolute atomic E-state index is 12.0. The van der Waals surface area contributed by atoms with Crippen molar-refractivity contribution in [3.05, 3.63) is 52.2 Å². The molecule has 0 unspecified atom stereocenters. The summed E-state index contributed by atoms with van der Waals surface area (Å²) in [6.45, 7) is 5.19. The third-order valence-corrected chi connectivity index (χ3v) is 4.20. The molecule has 0 aliphatic carbocycles. The molecule has 26 heavy (non-hydrogen) atoms. The van der Waals surface area contributed by atoms with E-state index in [-0.39, 0.29) is 18.0 Å². The van der Waals surface area contributed by atoms with E-state index < -0.39 is 0 Å². The number of para-hydroxylation sites is 1. The van der Waals surface area contributed by atoms with Crippen molar-refractivity contribution in [2.45, 2.75) is 39.8 Å². The molecular weight excluding hydrogens is 332 g/mol. The summed E-state index contributed by atoms with van der Waals surface area (Å²) in [5, 5.41) is 11.1. The van der Waals surface area contributed by atoms with Gasteiger partial charge < -0.3 is 5.32 Å². The molecule has 0 saturated heterocycles. The van der Waals surface area contributed by atoms with Crippen LogP contribution in [-0.4, -0.2) is 37.0 Å². The first-order valence-corrected chi connectivity index (χ1v) is 8.64. The number of fused-ring (bicyclic) bond motifs is 1. The summed E-state index contributed by atoms with van der Waals surface area (Å²) in [6.07, 6.45) is 1.00. The van der Waals surface area contributed by atoms with Crippen molar-refractivity contribution >= 4 is 16.9 Å². The largest absolute Gasteiger partial charge is 0.356 e. The van der Waals surface area contributed by atoms with Crippen LogP contribution in [-0.2, 0) is 17.9 Å². The minimum atomic E-state index is -0.312. The highest BCUT2D eigenvalue weighted by Gasteiger charge is 2.07. The van der Waals surface area contributed by atoms with Crippen LogP contribution in [0.15, 0.2) is 35.1 Å². The zero-order chi connectivity index (χ0) is 18.5. The van der Waals surface area contributed by atoms with Crippen molar-refractivity contribution in [1.82, 2.24) is 29.9 Å². The summed E-state index contributed by atoms with van der Waals surface area (Å²) in [4.78, 5) is 27.8. The smallest absolute Gasteiger partial charge is 0.347 e. The molecule has 0 spiro atoms. The molecule has 0 fully saturated rings. The Morgan fingerprint density at radius 2 is 2.00 bits per heavy atom. The van der Waals surface area contributed by atoms with E-state index in [4.69, 9.17) is 0 Å². The third-order valence-electron chi connectivity index (χ3n) is 4.20. The predicted octanol–water partition coefficient (Wildman–Crippen LogP) is 1.20. The monoisotopic (exact) mass is 354 g/mol. The second-order valence-corrected chi connectivity index (χ2v) is 6.23. The fourth-order valence-electron chi connectivity index (χ4n) is 2.89. The van der Waals surface area contributed by atoms with Gasteiger partial charge in [-0.1, -0.05) is 17.3 Å². The summed E-state index contributed by atoms with van der Waals surface area (Å²) in [5.74, 6) is -0.0830. The molecule has 0 radical (unpaired) electrons. The minimum absolute atomic E-state index is 0.0830. The molecule has 1 amide bonds. The summed E-state index contributed by atoms with van der Waals surface area (Å²) >= 11 is 0. The summed E-state index contributed by atoms with van der Waals surface area (Å²) < 4.78 is 3.36. The lowest BCUT2D eigenvalue weighted by Gasteiger charge is -2.10. The van der Waals surface area contributed by atoms with Gasteiger partial charge in [-0.15, -0.1) is 5.10 Å². The average Bonchev–Trinajstić information content (AvgIpc) is 3.01. The van der Waals surface area contributed by atoms with Gasteiger partial charge in [-0.05, 0) is 38.5 Å². The molecule has 136 valence electrons. The second-order valence-electron chi connectivity index (χ2n) is 6.23. The quantitative estimate of drug-likeness (QED) is 0.644. The molecule has 0 aliphatic rings. The van der Waals surface area contributed by atoms with Crippen LogP contribution in [0.4, 0.5) is 0 Å². The maximum Gasteiger partial charge on any atom is 0.347 e. The van der Waals surface area contributed by atoms with Gasteiger partial charge in [0.25, 0.3) is 0 Å². The molecule has 0 atom stereocenters. The van der Waals surface area contributed by atoms with E-state index in [1.54, 1.807) is 6.92 Å². The Morgan fingerprint density at radius 1 is 1.19 bits per heavy atom. The first-order valence-electron chi connectivity index (χ1n) is 8.64. The van der Waals surface area contributed by atoms with Crippen LogP contribution in [0, 0.1) is 13.8 Å². The van der Waals surface area contributed by atoms with E-state index in [1.165, 1.54) is 4.57 Å². The lowest BCUT2D eigenvalue weighted by atomic mass is 10.3. The predicted molar refractivity (Wildman–Crippen MR) is 97.7 cm³/mol. The average molecular weight is 354 g/mol. The number of hydrogen-bond donors (Lipinski definition) is 1. The Hall–Kier alpha value is -3.03. The van der Waals surface area contributed by atoms with Gasteiger partial charge in [0.15, 0.2) is 0 Å². The third kappa shape index (κ3) is 4.14. The van der Waals surface area contributed by atoms with E-state index in [0.717, 1.165) is 23.1 Å². The minimum Gasteiger partial charge on any atom is -0.356 e. The zero-order valence-corrected chi connectivity index (χ0v) is 15.0. The Labute approximate surface area is 150 Å². The normalized spacial score (nSPS) is 11.0. The number of carbonyl (C=O) groups excluding carboxylic acids is 1. The number of rotatable bonds is 7. The maximum atomic E-state index is 12.0. The molecule has 0 bridgehead atoms. The first-order chi connectivity index (χ1) is 12.5. The highest BCUT2D eigenvalue weighted by Crippen LogP contribution is 2.09. The van der Waals surface area contributed by atoms with E-state index in [0.29, 0.717) is 25.3 Å². The molecule has 1 N–H and O–H groups in total. The number of nitrogens with zero attached hydrogens (tertiary/aromatic N) is 5. The summed E-state index contributed by atoms with van der Waals surface area (Å²) in [5.41, 5.74) is 3.04. The Morgan fingerprint density at radius 3 is 2.81 bits per heavy atom. The van der Waals surface area contributed by atoms with Crippen molar-refractivity contribution in [1.29, 1.82) is 0 Å². The number of aryl methyl sites for hydroxylation is 3. The van der Waals surface area contributed by atoms with Crippen molar-refractivity contribution in [2.24, 2.45) is 0 Å². The van der Waals surface area contributed by atoms with E-state index in [2.05, 4.69) is 20.6 Å². The molecule has 8 heteroatoms. The Kier molecular flexibility index (Phi) is 5.40. The lowest BCUT2D eigenvalue weighted by Crippen LogP contribution is -2.30. The van der Waals surface area contributed by atoms with Gasteiger partial charge in [-0.25, -0.2) is 9.48 Å². The SMILES string of the molecule is Cc1cc(C)n(CCC(=O)NCCCn2nnc3ccccc32)c(=O)n1. The Bertz CT molecular complexity index is 975. The highest BCUT2D eigenvalue weighted by molar-refractivity contribution is 5.75. The van der Waals surface area contributed by atoms with Gasteiger partial charge in [0.05, 0.1) is 5.52 Å². The molecule has 0 saturated carbocycles. The van der Waals surface area contributed by atoms with Crippen molar-refractivity contribution in [3.63, 3.8) is 0 Å². The van der Waals surface area contributed by atoms with Gasteiger partial charge in [-0.3, -0.25) is 9.36 Å². The fraction of sp³-hybridized carbons (Fsp3) is 0.389. The molecule has 3 rings (SSSR count). The first kappa shape index (κ1) is 17.8. The molecule has 2 heterocycles. The number of hydrogen-bond acceptors (Lipinski definition) is 5. The highest BCUT2D eigenvalue weighted by atomic mass is 16.2. The molecular formula is C18H22N6O2. The molecule has 0 aliphatic heterocycles. The molecule has 3 aromatic rings. The second kappa shape index (κ2) is 7.90. The van der Waals surface area contributed by atoms with Crippen LogP contribution in [0.1, 0.15) is 24.2 Å². The standard InChI is InChI=1S/C18H22N6O2/c1-13-12-14(2)23(18(26)20-13)11-8-17(25)19-9-5-10-24-16-7-4-3-6-15(16)21-22-24/h3-4,6-7,12H,5,8-11H2,1-2H3,(H,19,25). The summed E-state index contributed by atoms with van der Waals surface area (Å²) in [7, 11) is 0. The fourth-order valence-corrected chi connectivity index (χ4v) is 2.89. The number of amides is 1. The van der Waals surface area contributed by atoms with Crippen molar-refractivity contribution in [3.8, 4) is 0 Å². The van der Waals surface area contributed by atoms with E-state index >= 15 is 0 Å². The van der Waals surface area contributed by atoms with E-state index in [1.807, 2.05) is 41.9 Å². The van der Waals surface area contributed by atoms with Crippen molar-refractivity contribution in [2.75, 3.05) is 6.54 Å². The molecule has 2 aromatic heterocycles. The Balaban J connectivity index is 1.44. The lowest BCUT2D eigenvalue weighted by molar-refractivity contribution is -0.121. The van der Waals surface area contributed by atoms with E-state index in [9.17, 15) is 9.59 Å². The number of benzene rings is 1.